The molecule has 40 heavy (non-hydrogen) atoms. The van der Waals surface area contributed by atoms with Gasteiger partial charge in [-0.15, -0.1) is 4.74 Å². The second-order valence-electron chi connectivity index (χ2n) is 9.72. The molecule has 0 bridgehead atoms. The van der Waals surface area contributed by atoms with Crippen molar-refractivity contribution in [3.63, 3.8) is 0 Å². The SMILES string of the molecule is CC1(C)[C@@H](n2oc(=O)n(-c3cccc(Cl)c3)c2=O)N(c2cccc(Cl)c2)C(=O)N1Cc1cccc(C(F)(F)F)c1. The van der Waals surface area contributed by atoms with E-state index >= 15 is 0 Å². The molecule has 0 unspecified atom stereocenters. The van der Waals surface area contributed by atoms with Crippen LogP contribution in [0.25, 0.3) is 5.69 Å². The topological polar surface area (TPSA) is 80.7 Å². The zero-order valence-electron chi connectivity index (χ0n) is 21.0. The van der Waals surface area contributed by atoms with Crippen LogP contribution >= 0.6 is 23.2 Å². The van der Waals surface area contributed by atoms with Gasteiger partial charge >= 0.3 is 23.7 Å². The number of nitrogens with zero attached hydrogens (tertiary/aromatic N) is 4. The smallest absolute Gasteiger partial charge is 0.314 e. The minimum Gasteiger partial charge on any atom is -0.314 e. The number of urea groups is 1. The monoisotopic (exact) mass is 592 g/mol. The molecule has 0 radical (unpaired) electrons. The molecule has 1 aromatic heterocycles. The molecule has 0 spiro atoms. The molecule has 1 fully saturated rings. The van der Waals surface area contributed by atoms with E-state index in [4.69, 9.17) is 27.7 Å². The summed E-state index contributed by atoms with van der Waals surface area (Å²) in [6, 6.07) is 16.3. The lowest BCUT2D eigenvalue weighted by Gasteiger charge is -2.34. The number of hydrogen-bond acceptors (Lipinski definition) is 4. The van der Waals surface area contributed by atoms with Crippen LogP contribution in [-0.2, 0) is 12.7 Å². The van der Waals surface area contributed by atoms with Crippen LogP contribution in [0.2, 0.25) is 10.0 Å². The molecule has 8 nitrogen and oxygen atoms in total. The van der Waals surface area contributed by atoms with Gasteiger partial charge < -0.3 is 9.42 Å². The highest BCUT2D eigenvalue weighted by molar-refractivity contribution is 6.31. The van der Waals surface area contributed by atoms with Crippen LogP contribution in [-0.4, -0.2) is 25.8 Å². The van der Waals surface area contributed by atoms with Gasteiger partial charge in [-0.2, -0.15) is 17.7 Å². The van der Waals surface area contributed by atoms with Crippen LogP contribution in [0.1, 0.15) is 31.1 Å². The maximum absolute atomic E-state index is 13.9. The van der Waals surface area contributed by atoms with Crippen molar-refractivity contribution < 1.29 is 22.5 Å². The molecular weight excluding hydrogens is 572 g/mol. The number of alkyl halides is 3. The first kappa shape index (κ1) is 27.6. The summed E-state index contributed by atoms with van der Waals surface area (Å²) in [6.07, 6.45) is -5.81. The summed E-state index contributed by atoms with van der Waals surface area (Å²) in [6.45, 7) is 3.02. The number of halogens is 5. The average Bonchev–Trinajstić information content (AvgIpc) is 3.27. The molecule has 4 aromatic rings. The van der Waals surface area contributed by atoms with Crippen molar-refractivity contribution in [3.05, 3.63) is 115 Å². The van der Waals surface area contributed by atoms with E-state index in [1.165, 1.54) is 40.1 Å². The first-order valence-electron chi connectivity index (χ1n) is 11.9. The molecule has 1 aliphatic rings. The Balaban J connectivity index is 1.66. The maximum Gasteiger partial charge on any atom is 0.447 e. The maximum atomic E-state index is 13.9. The van der Waals surface area contributed by atoms with E-state index in [9.17, 15) is 27.6 Å². The number of carbonyl (C=O) groups excluding carboxylic acids is 1. The Morgan fingerprint density at radius 3 is 2.10 bits per heavy atom. The van der Waals surface area contributed by atoms with Gasteiger partial charge in [-0.3, -0.25) is 4.90 Å². The van der Waals surface area contributed by atoms with Crippen molar-refractivity contribution in [1.29, 1.82) is 0 Å². The summed E-state index contributed by atoms with van der Waals surface area (Å²) in [4.78, 5) is 43.0. The van der Waals surface area contributed by atoms with Gasteiger partial charge in [0.25, 0.3) is 0 Å². The number of amides is 2. The van der Waals surface area contributed by atoms with Gasteiger partial charge in [-0.05, 0) is 67.9 Å². The Bertz CT molecular complexity index is 1730. The fourth-order valence-electron chi connectivity index (χ4n) is 4.83. The Labute approximate surface area is 235 Å². The van der Waals surface area contributed by atoms with Crippen molar-refractivity contribution in [2.45, 2.75) is 38.3 Å². The molecule has 2 amide bonds. The van der Waals surface area contributed by atoms with Gasteiger partial charge in [0.1, 0.15) is 0 Å². The highest BCUT2D eigenvalue weighted by Gasteiger charge is 2.55. The number of rotatable bonds is 5. The highest BCUT2D eigenvalue weighted by Crippen LogP contribution is 2.43. The third-order valence-corrected chi connectivity index (χ3v) is 7.19. The van der Waals surface area contributed by atoms with Crippen LogP contribution < -0.4 is 16.3 Å². The third-order valence-electron chi connectivity index (χ3n) is 6.72. The minimum atomic E-state index is -4.57. The van der Waals surface area contributed by atoms with Crippen molar-refractivity contribution in [3.8, 4) is 5.69 Å². The summed E-state index contributed by atoms with van der Waals surface area (Å²) in [5.41, 5.74) is -2.37. The van der Waals surface area contributed by atoms with E-state index in [0.717, 1.165) is 21.4 Å². The third kappa shape index (κ3) is 4.79. The lowest BCUT2D eigenvalue weighted by Crippen LogP contribution is -2.46. The summed E-state index contributed by atoms with van der Waals surface area (Å²) in [7, 11) is 0. The van der Waals surface area contributed by atoms with Crippen LogP contribution in [0.4, 0.5) is 23.7 Å². The predicted octanol–water partition coefficient (Wildman–Crippen LogP) is 6.34. The molecule has 1 aliphatic heterocycles. The Morgan fingerprint density at radius 1 is 0.875 bits per heavy atom. The van der Waals surface area contributed by atoms with E-state index in [1.807, 2.05) is 0 Å². The molecular formula is C27H21Cl2F3N4O4. The van der Waals surface area contributed by atoms with Gasteiger partial charge in [-0.25, -0.2) is 14.4 Å². The largest absolute Gasteiger partial charge is 0.447 e. The highest BCUT2D eigenvalue weighted by atomic mass is 35.5. The zero-order chi connectivity index (χ0) is 29.0. The molecule has 1 atom stereocenters. The Hall–Kier alpha value is -3.96. The first-order chi connectivity index (χ1) is 18.8. The second kappa shape index (κ2) is 9.90. The lowest BCUT2D eigenvalue weighted by molar-refractivity contribution is -0.137. The number of aromatic nitrogens is 2. The van der Waals surface area contributed by atoms with Crippen molar-refractivity contribution >= 4 is 34.9 Å². The van der Waals surface area contributed by atoms with Gasteiger partial charge in [0.05, 0.1) is 16.8 Å². The minimum absolute atomic E-state index is 0.155. The molecule has 3 aromatic carbocycles. The Kier molecular flexibility index (Phi) is 6.83. The van der Waals surface area contributed by atoms with Crippen molar-refractivity contribution in [1.82, 2.24) is 14.2 Å². The predicted molar refractivity (Wildman–Crippen MR) is 143 cm³/mol. The quantitative estimate of drug-likeness (QED) is 0.271. The van der Waals surface area contributed by atoms with E-state index in [2.05, 4.69) is 0 Å². The average molecular weight is 593 g/mol. The van der Waals surface area contributed by atoms with Crippen molar-refractivity contribution in [2.24, 2.45) is 0 Å². The summed E-state index contributed by atoms with van der Waals surface area (Å²) in [5.74, 6) is -1.02. The molecule has 0 N–H and O–H groups in total. The summed E-state index contributed by atoms with van der Waals surface area (Å²) >= 11 is 12.3. The molecule has 0 aliphatic carbocycles. The molecule has 13 heteroatoms. The first-order valence-corrected chi connectivity index (χ1v) is 12.7. The Morgan fingerprint density at radius 2 is 1.48 bits per heavy atom. The van der Waals surface area contributed by atoms with Gasteiger partial charge in [-0.1, -0.05) is 47.5 Å². The van der Waals surface area contributed by atoms with E-state index in [1.54, 1.807) is 44.2 Å². The number of benzene rings is 3. The van der Waals surface area contributed by atoms with Crippen LogP contribution in [0.5, 0.6) is 0 Å². The molecule has 2 heterocycles. The molecule has 208 valence electrons. The van der Waals surface area contributed by atoms with Crippen LogP contribution in [0, 0.1) is 0 Å². The van der Waals surface area contributed by atoms with Crippen LogP contribution in [0.15, 0.2) is 86.9 Å². The van der Waals surface area contributed by atoms with E-state index < -0.39 is 40.9 Å². The summed E-state index contributed by atoms with van der Waals surface area (Å²) < 4.78 is 47.1. The summed E-state index contributed by atoms with van der Waals surface area (Å²) in [5, 5.41) is 0.573. The van der Waals surface area contributed by atoms with E-state index in [-0.39, 0.29) is 28.5 Å². The molecule has 5 rings (SSSR count). The molecule has 1 saturated heterocycles. The number of anilines is 1. The number of carbonyl (C=O) groups is 1. The zero-order valence-corrected chi connectivity index (χ0v) is 22.5. The van der Waals surface area contributed by atoms with Crippen molar-refractivity contribution in [2.75, 3.05) is 4.90 Å². The number of hydrogen-bond donors (Lipinski definition) is 0. The lowest BCUT2D eigenvalue weighted by atomic mass is 9.99. The van der Waals surface area contributed by atoms with Gasteiger partial charge in [0.2, 0.25) is 0 Å². The standard InChI is InChI=1S/C27H21Cl2F3N4O4/c1-26(2)22(36-24(38)35(25(39)40-36)21-11-5-9-19(29)14-21)34(20-10-4-8-18(28)13-20)23(37)33(26)15-16-6-3-7-17(12-16)27(30,31)32/h3-14,22H,15H2,1-2H3/t22-/m1/s1. The fraction of sp³-hybridized carbons (Fsp3) is 0.222. The fourth-order valence-corrected chi connectivity index (χ4v) is 5.20. The normalized spacial score (nSPS) is 17.1. The van der Waals surface area contributed by atoms with E-state index in [0.29, 0.717) is 5.02 Å². The molecule has 0 saturated carbocycles. The van der Waals surface area contributed by atoms with Gasteiger partial charge in [0, 0.05) is 22.3 Å². The second-order valence-corrected chi connectivity index (χ2v) is 10.6. The van der Waals surface area contributed by atoms with Crippen LogP contribution in [0.3, 0.4) is 0 Å². The van der Waals surface area contributed by atoms with Gasteiger partial charge in [0.15, 0.2) is 6.17 Å².